The predicted octanol–water partition coefficient (Wildman–Crippen LogP) is 14.6. The Morgan fingerprint density at radius 3 is 1.40 bits per heavy atom. The Hall–Kier alpha value is -2.55. The van der Waals surface area contributed by atoms with Crippen LogP contribution in [-0.4, -0.2) is 74.9 Å². The van der Waals surface area contributed by atoms with Crippen LogP contribution in [0.4, 0.5) is 0 Å². The van der Waals surface area contributed by atoms with Crippen molar-refractivity contribution in [1.29, 1.82) is 0 Å². The van der Waals surface area contributed by atoms with E-state index in [-0.39, 0.29) is 32.0 Å². The van der Waals surface area contributed by atoms with Crippen LogP contribution in [0, 0.1) is 0 Å². The van der Waals surface area contributed by atoms with Gasteiger partial charge in [0.1, 0.15) is 19.8 Å². The summed E-state index contributed by atoms with van der Waals surface area (Å²) < 4.78 is 34.4. The first-order valence-corrected chi connectivity index (χ1v) is 26.2. The van der Waals surface area contributed by atoms with Crippen LogP contribution in [0.1, 0.15) is 194 Å². The predicted molar refractivity (Wildman–Crippen MR) is 261 cm³/mol. The van der Waals surface area contributed by atoms with Gasteiger partial charge in [-0.05, 0) is 83.5 Å². The normalized spacial score (nSPS) is 14.1. The number of ether oxygens (including phenoxy) is 2. The van der Waals surface area contributed by atoms with Gasteiger partial charge < -0.3 is 18.9 Å². The van der Waals surface area contributed by atoms with Crippen LogP contribution in [-0.2, 0) is 32.7 Å². The second-order valence-electron chi connectivity index (χ2n) is 17.5. The molecule has 0 aromatic carbocycles. The number of allylic oxidation sites excluding steroid dienone is 12. The van der Waals surface area contributed by atoms with Gasteiger partial charge in [0, 0.05) is 12.8 Å². The van der Waals surface area contributed by atoms with Crippen LogP contribution in [0.25, 0.3) is 0 Å². The molecule has 1 unspecified atom stereocenters. The highest BCUT2D eigenvalue weighted by atomic mass is 31.2. The van der Waals surface area contributed by atoms with Crippen molar-refractivity contribution in [1.82, 2.24) is 0 Å². The van der Waals surface area contributed by atoms with E-state index in [1.165, 1.54) is 89.9 Å². The number of carbonyl (C=O) groups excluding carboxylic acids is 2. The monoisotopic (exact) mass is 891 g/mol. The van der Waals surface area contributed by atoms with Crippen LogP contribution in [0.2, 0.25) is 0 Å². The average molecular weight is 891 g/mol. The average Bonchev–Trinajstić information content (AvgIpc) is 3.23. The minimum atomic E-state index is -4.39. The Bertz CT molecular complexity index is 1280. The number of hydrogen-bond acceptors (Lipinski definition) is 7. The number of carbonyl (C=O) groups is 2. The molecule has 0 fully saturated rings. The molecule has 0 rings (SSSR count). The summed E-state index contributed by atoms with van der Waals surface area (Å²) in [5, 5.41) is 0. The molecule has 0 radical (unpaired) electrons. The summed E-state index contributed by atoms with van der Waals surface area (Å²) in [7, 11) is 1.44. The minimum absolute atomic E-state index is 0.0214. The summed E-state index contributed by atoms with van der Waals surface area (Å²) in [5.74, 6) is -0.840. The van der Waals surface area contributed by atoms with Crippen LogP contribution in [0.5, 0.6) is 0 Å². The highest BCUT2D eigenvalue weighted by Gasteiger charge is 2.27. The molecule has 62 heavy (non-hydrogen) atoms. The van der Waals surface area contributed by atoms with E-state index in [0.29, 0.717) is 17.4 Å². The topological polar surface area (TPSA) is 108 Å². The van der Waals surface area contributed by atoms with Crippen LogP contribution in [0.3, 0.4) is 0 Å². The molecule has 358 valence electrons. The van der Waals surface area contributed by atoms with Crippen molar-refractivity contribution in [3.05, 3.63) is 72.9 Å². The van der Waals surface area contributed by atoms with Gasteiger partial charge in [-0.2, -0.15) is 0 Å². The van der Waals surface area contributed by atoms with Gasteiger partial charge in [0.15, 0.2) is 6.10 Å². The van der Waals surface area contributed by atoms with Crippen molar-refractivity contribution in [2.45, 2.75) is 200 Å². The molecule has 0 aromatic heterocycles. The van der Waals surface area contributed by atoms with Crippen molar-refractivity contribution in [2.75, 3.05) is 47.5 Å². The number of rotatable bonds is 44. The van der Waals surface area contributed by atoms with Crippen molar-refractivity contribution in [3.63, 3.8) is 0 Å². The molecule has 1 N–H and O–H groups in total. The summed E-state index contributed by atoms with van der Waals surface area (Å²) in [6, 6.07) is 0. The van der Waals surface area contributed by atoms with Gasteiger partial charge in [0.05, 0.1) is 27.7 Å². The van der Waals surface area contributed by atoms with Crippen LogP contribution < -0.4 is 0 Å². The van der Waals surface area contributed by atoms with Crippen molar-refractivity contribution in [3.8, 4) is 0 Å². The third-order valence-electron chi connectivity index (χ3n) is 10.2. The molecule has 0 aromatic rings. The van der Waals surface area contributed by atoms with Gasteiger partial charge >= 0.3 is 19.8 Å². The standard InChI is InChI=1S/C52H92NO8P/c1-6-8-10-12-14-16-18-20-22-24-26-28-30-32-34-36-38-40-42-44-51(54)58-48-50(49-60-62(56,57)59-47-46-53(3,4)5)61-52(55)45-43-41-39-37-35-33-31-29-27-25-23-21-19-17-15-13-11-9-7-2/h9,11,15,17,20-23,27,29,33,35,50H,6-8,10,12-14,16,18-19,24-26,28,30-32,34,36-49H2,1-5H3/p+1/b11-9+,17-15+,22-20+,23-21+,29-27+,35-33+/t50-/m1/s1. The summed E-state index contributed by atoms with van der Waals surface area (Å²) in [4.78, 5) is 35.5. The van der Waals surface area contributed by atoms with Crippen LogP contribution in [0.15, 0.2) is 72.9 Å². The summed E-state index contributed by atoms with van der Waals surface area (Å²) in [6.45, 7) is 4.27. The third-order valence-corrected chi connectivity index (χ3v) is 11.2. The maximum atomic E-state index is 12.7. The minimum Gasteiger partial charge on any atom is -0.462 e. The first-order valence-electron chi connectivity index (χ1n) is 24.7. The Morgan fingerprint density at radius 1 is 0.516 bits per heavy atom. The quantitative estimate of drug-likeness (QED) is 0.0212. The maximum absolute atomic E-state index is 12.7. The second-order valence-corrected chi connectivity index (χ2v) is 18.9. The highest BCUT2D eigenvalue weighted by molar-refractivity contribution is 7.47. The van der Waals surface area contributed by atoms with Gasteiger partial charge in [-0.1, -0.05) is 170 Å². The number of nitrogens with zero attached hydrogens (tertiary/aromatic N) is 1. The van der Waals surface area contributed by atoms with E-state index in [2.05, 4.69) is 86.8 Å². The van der Waals surface area contributed by atoms with E-state index in [1.54, 1.807) is 0 Å². The molecular formula is C52H93NO8P+. The molecule has 0 spiro atoms. The third kappa shape index (κ3) is 46.9. The molecular weight excluding hydrogens is 798 g/mol. The number of phosphoric ester groups is 1. The fourth-order valence-electron chi connectivity index (χ4n) is 6.39. The number of quaternary nitrogens is 1. The summed E-state index contributed by atoms with van der Waals surface area (Å²) in [6.07, 6.45) is 55.2. The van der Waals surface area contributed by atoms with E-state index >= 15 is 0 Å². The van der Waals surface area contributed by atoms with Gasteiger partial charge in [-0.15, -0.1) is 0 Å². The van der Waals surface area contributed by atoms with Crippen molar-refractivity contribution >= 4 is 19.8 Å². The molecule has 10 heteroatoms. The zero-order valence-corrected chi connectivity index (χ0v) is 41.2. The van der Waals surface area contributed by atoms with E-state index in [0.717, 1.165) is 70.6 Å². The molecule has 2 atom stereocenters. The van der Waals surface area contributed by atoms with Crippen molar-refractivity contribution < 1.29 is 42.1 Å². The molecule has 0 aliphatic carbocycles. The molecule has 0 amide bonds. The molecule has 0 heterocycles. The SMILES string of the molecule is CC/C=C/C/C=C/C/C=C/C/C=C/C/C=C/CCCCCC(=O)O[C@H](COC(=O)CCCCCCCCCCC/C=C/CCCCCCCC)COP(=O)(O)OCC[N+](C)(C)C. The molecule has 0 aliphatic rings. The molecule has 0 saturated heterocycles. The Balaban J connectivity index is 4.36. The Labute approximate surface area is 380 Å². The lowest BCUT2D eigenvalue weighted by Gasteiger charge is -2.24. The number of likely N-dealkylation sites (N-methyl/N-ethyl adjacent to an activating group) is 1. The second kappa shape index (κ2) is 43.7. The lowest BCUT2D eigenvalue weighted by Crippen LogP contribution is -2.37. The van der Waals surface area contributed by atoms with Gasteiger partial charge in [0.2, 0.25) is 0 Å². The molecule has 0 bridgehead atoms. The summed E-state index contributed by atoms with van der Waals surface area (Å²) >= 11 is 0. The first kappa shape index (κ1) is 59.5. The first-order chi connectivity index (χ1) is 30.0. The zero-order valence-electron chi connectivity index (χ0n) is 40.3. The number of phosphoric acid groups is 1. The Kier molecular flexibility index (Phi) is 41.9. The van der Waals surface area contributed by atoms with Crippen molar-refractivity contribution in [2.24, 2.45) is 0 Å². The van der Waals surface area contributed by atoms with Gasteiger partial charge in [0.25, 0.3) is 0 Å². The number of hydrogen-bond donors (Lipinski definition) is 1. The highest BCUT2D eigenvalue weighted by Crippen LogP contribution is 2.43. The van der Waals surface area contributed by atoms with E-state index in [9.17, 15) is 19.0 Å². The lowest BCUT2D eigenvalue weighted by atomic mass is 10.1. The fraction of sp³-hybridized carbons (Fsp3) is 0.731. The van der Waals surface area contributed by atoms with E-state index in [1.807, 2.05) is 21.1 Å². The smallest absolute Gasteiger partial charge is 0.462 e. The van der Waals surface area contributed by atoms with Gasteiger partial charge in [-0.3, -0.25) is 18.6 Å². The van der Waals surface area contributed by atoms with Gasteiger partial charge in [-0.25, -0.2) is 4.57 Å². The van der Waals surface area contributed by atoms with E-state index in [4.69, 9.17) is 18.5 Å². The fourth-order valence-corrected chi connectivity index (χ4v) is 7.13. The van der Waals surface area contributed by atoms with E-state index < -0.39 is 26.5 Å². The zero-order chi connectivity index (χ0) is 45.7. The lowest BCUT2D eigenvalue weighted by molar-refractivity contribution is -0.870. The summed E-state index contributed by atoms with van der Waals surface area (Å²) in [5.41, 5.74) is 0. The molecule has 9 nitrogen and oxygen atoms in total. The Morgan fingerprint density at radius 2 is 0.919 bits per heavy atom. The largest absolute Gasteiger partial charge is 0.472 e. The van der Waals surface area contributed by atoms with Crippen LogP contribution >= 0.6 is 7.82 Å². The number of esters is 2. The molecule has 0 aliphatic heterocycles. The molecule has 0 saturated carbocycles. The number of unbranched alkanes of at least 4 members (excludes halogenated alkanes) is 18. The maximum Gasteiger partial charge on any atom is 0.472 e.